The van der Waals surface area contributed by atoms with Crippen LogP contribution in [-0.4, -0.2) is 24.2 Å². The minimum absolute atomic E-state index is 0.0606. The quantitative estimate of drug-likeness (QED) is 0.648. The van der Waals surface area contributed by atoms with Gasteiger partial charge in [0.05, 0.1) is 17.7 Å². The molecule has 0 radical (unpaired) electrons. The van der Waals surface area contributed by atoms with Crippen molar-refractivity contribution < 1.29 is 4.74 Å². The number of aromatic nitrogens is 1. The average molecular weight is 403 g/mol. The van der Waals surface area contributed by atoms with Crippen LogP contribution in [0.1, 0.15) is 23.3 Å². The van der Waals surface area contributed by atoms with Gasteiger partial charge in [-0.2, -0.15) is 5.26 Å². The molecule has 0 spiro atoms. The first-order chi connectivity index (χ1) is 11.6. The number of hydrogen-bond donors (Lipinski definition) is 0. The summed E-state index contributed by atoms with van der Waals surface area (Å²) in [6.45, 7) is 2.04. The maximum atomic E-state index is 9.14. The highest BCUT2D eigenvalue weighted by atomic mass is 35.5. The van der Waals surface area contributed by atoms with Crippen molar-refractivity contribution in [3.8, 4) is 6.07 Å². The summed E-state index contributed by atoms with van der Waals surface area (Å²) in [7, 11) is 0. The van der Waals surface area contributed by atoms with E-state index in [1.807, 2.05) is 28.5 Å². The number of nitrogens with zero attached hydrogens (tertiary/aromatic N) is 3. The molecule has 2 aromatic rings. The Balaban J connectivity index is 1.96. The minimum Gasteiger partial charge on any atom is -0.376 e. The van der Waals surface area contributed by atoms with Crippen LogP contribution in [0.15, 0.2) is 17.5 Å². The molecular weight excluding hydrogens is 389 g/mol. The Labute approximate surface area is 159 Å². The Bertz CT molecular complexity index is 755. The Morgan fingerprint density at radius 3 is 2.83 bits per heavy atom. The largest absolute Gasteiger partial charge is 0.376 e. The molecule has 4 nitrogen and oxygen atoms in total. The lowest BCUT2D eigenvalue weighted by Crippen LogP contribution is -2.32. The number of ether oxygens (including phenoxy) is 1. The van der Waals surface area contributed by atoms with E-state index in [0.29, 0.717) is 18.9 Å². The average Bonchev–Trinajstić information content (AvgIpc) is 3.24. The van der Waals surface area contributed by atoms with E-state index < -0.39 is 0 Å². The van der Waals surface area contributed by atoms with E-state index in [1.165, 1.54) is 4.88 Å². The third kappa shape index (κ3) is 3.79. The van der Waals surface area contributed by atoms with Crippen molar-refractivity contribution in [3.05, 3.63) is 43.2 Å². The monoisotopic (exact) mass is 401 g/mol. The SMILES string of the molecule is N#Cc1c(Cl)nc(N(Cc2cccs2)CC2CCCO2)c(Cl)c1Cl. The fraction of sp³-hybridized carbons (Fsp3) is 0.375. The Kier molecular flexibility index (Phi) is 5.85. The van der Waals surface area contributed by atoms with Crippen LogP contribution in [0.4, 0.5) is 5.82 Å². The third-order valence-electron chi connectivity index (χ3n) is 3.81. The first-order valence-electron chi connectivity index (χ1n) is 7.43. The highest BCUT2D eigenvalue weighted by molar-refractivity contribution is 7.09. The van der Waals surface area contributed by atoms with Crippen LogP contribution in [0, 0.1) is 11.3 Å². The van der Waals surface area contributed by atoms with Crippen molar-refractivity contribution in [1.29, 1.82) is 5.26 Å². The second-order valence-electron chi connectivity index (χ2n) is 5.44. The first kappa shape index (κ1) is 17.8. The van der Waals surface area contributed by atoms with Gasteiger partial charge in [-0.05, 0) is 24.3 Å². The molecule has 0 aliphatic carbocycles. The fourth-order valence-corrected chi connectivity index (χ4v) is 4.11. The summed E-state index contributed by atoms with van der Waals surface area (Å²) in [5.74, 6) is 0.481. The molecule has 0 aromatic carbocycles. The van der Waals surface area contributed by atoms with Crippen molar-refractivity contribution in [2.75, 3.05) is 18.1 Å². The number of pyridine rings is 1. The molecule has 1 fully saturated rings. The minimum atomic E-state index is 0.0606. The van der Waals surface area contributed by atoms with Gasteiger partial charge in [-0.1, -0.05) is 40.9 Å². The van der Waals surface area contributed by atoms with Gasteiger partial charge in [0.15, 0.2) is 11.0 Å². The zero-order valence-corrected chi connectivity index (χ0v) is 15.7. The molecule has 1 saturated heterocycles. The lowest BCUT2D eigenvalue weighted by Gasteiger charge is -2.27. The summed E-state index contributed by atoms with van der Waals surface area (Å²) in [6, 6.07) is 5.98. The van der Waals surface area contributed by atoms with Crippen LogP contribution >= 0.6 is 46.1 Å². The molecule has 0 saturated carbocycles. The zero-order chi connectivity index (χ0) is 17.1. The molecule has 1 atom stereocenters. The highest BCUT2D eigenvalue weighted by Gasteiger charge is 2.25. The van der Waals surface area contributed by atoms with E-state index in [1.54, 1.807) is 11.3 Å². The van der Waals surface area contributed by atoms with Crippen molar-refractivity contribution in [2.45, 2.75) is 25.5 Å². The Hall–Kier alpha value is -1.03. The van der Waals surface area contributed by atoms with Crippen LogP contribution in [0.5, 0.6) is 0 Å². The van der Waals surface area contributed by atoms with Crippen molar-refractivity contribution in [2.24, 2.45) is 0 Å². The third-order valence-corrected chi connectivity index (χ3v) is 5.77. The molecular formula is C16H14Cl3N3OS. The van der Waals surface area contributed by atoms with Crippen LogP contribution in [0.25, 0.3) is 0 Å². The summed E-state index contributed by atoms with van der Waals surface area (Å²) in [5, 5.41) is 11.6. The number of halogens is 3. The number of nitriles is 1. The molecule has 3 rings (SSSR count). The van der Waals surface area contributed by atoms with Gasteiger partial charge in [-0.15, -0.1) is 11.3 Å². The first-order valence-corrected chi connectivity index (χ1v) is 9.45. The maximum Gasteiger partial charge on any atom is 0.151 e. The van der Waals surface area contributed by atoms with E-state index in [4.69, 9.17) is 44.8 Å². The predicted molar refractivity (Wildman–Crippen MR) is 98.3 cm³/mol. The standard InChI is InChI=1S/C16H14Cl3N3OS/c17-13-12(7-20)15(19)21-16(14(13)18)22(8-10-3-1-5-23-10)9-11-4-2-6-24-11/h2,4,6,10H,1,3,5,8-9H2. The lowest BCUT2D eigenvalue weighted by molar-refractivity contribution is 0.115. The molecule has 8 heteroatoms. The molecule has 1 aliphatic rings. The van der Waals surface area contributed by atoms with E-state index in [2.05, 4.69) is 4.98 Å². The van der Waals surface area contributed by atoms with Gasteiger partial charge in [0, 0.05) is 18.0 Å². The van der Waals surface area contributed by atoms with Crippen LogP contribution < -0.4 is 4.90 Å². The highest BCUT2D eigenvalue weighted by Crippen LogP contribution is 2.37. The number of rotatable bonds is 5. The second kappa shape index (κ2) is 7.90. The van der Waals surface area contributed by atoms with Crippen LogP contribution in [0.3, 0.4) is 0 Å². The summed E-state index contributed by atoms with van der Waals surface area (Å²) in [6.07, 6.45) is 2.17. The summed E-state index contributed by atoms with van der Waals surface area (Å²) in [4.78, 5) is 7.51. The molecule has 24 heavy (non-hydrogen) atoms. The van der Waals surface area contributed by atoms with Crippen LogP contribution in [0.2, 0.25) is 15.2 Å². The normalized spacial score (nSPS) is 17.0. The van der Waals surface area contributed by atoms with E-state index >= 15 is 0 Å². The lowest BCUT2D eigenvalue weighted by atomic mass is 10.2. The summed E-state index contributed by atoms with van der Waals surface area (Å²) < 4.78 is 5.74. The maximum absolute atomic E-state index is 9.14. The van der Waals surface area contributed by atoms with E-state index in [-0.39, 0.29) is 26.9 Å². The van der Waals surface area contributed by atoms with Gasteiger partial charge in [-0.3, -0.25) is 0 Å². The summed E-state index contributed by atoms with van der Waals surface area (Å²) >= 11 is 20.4. The van der Waals surface area contributed by atoms with E-state index in [9.17, 15) is 0 Å². The molecule has 1 unspecified atom stereocenters. The van der Waals surface area contributed by atoms with Gasteiger partial charge in [-0.25, -0.2) is 4.98 Å². The summed E-state index contributed by atoms with van der Waals surface area (Å²) in [5.41, 5.74) is 0.0975. The molecule has 0 amide bonds. The second-order valence-corrected chi connectivity index (χ2v) is 7.58. The number of hydrogen-bond acceptors (Lipinski definition) is 5. The van der Waals surface area contributed by atoms with Gasteiger partial charge >= 0.3 is 0 Å². The number of anilines is 1. The molecule has 3 heterocycles. The molecule has 2 aromatic heterocycles. The van der Waals surface area contributed by atoms with Gasteiger partial charge < -0.3 is 9.64 Å². The number of thiophene rings is 1. The van der Waals surface area contributed by atoms with E-state index in [0.717, 1.165) is 19.4 Å². The predicted octanol–water partition coefficient (Wildman–Crippen LogP) is 5.16. The van der Waals surface area contributed by atoms with Crippen molar-refractivity contribution in [3.63, 3.8) is 0 Å². The molecule has 0 N–H and O–H groups in total. The molecule has 126 valence electrons. The topological polar surface area (TPSA) is 49.2 Å². The Morgan fingerprint density at radius 2 is 2.21 bits per heavy atom. The molecule has 0 bridgehead atoms. The van der Waals surface area contributed by atoms with Crippen LogP contribution in [-0.2, 0) is 11.3 Å². The smallest absolute Gasteiger partial charge is 0.151 e. The van der Waals surface area contributed by atoms with Crippen molar-refractivity contribution >= 4 is 52.0 Å². The zero-order valence-electron chi connectivity index (χ0n) is 12.6. The Morgan fingerprint density at radius 1 is 1.38 bits per heavy atom. The van der Waals surface area contributed by atoms with Gasteiger partial charge in [0.2, 0.25) is 0 Å². The van der Waals surface area contributed by atoms with Gasteiger partial charge in [0.1, 0.15) is 16.7 Å². The molecule has 1 aliphatic heterocycles. The fourth-order valence-electron chi connectivity index (χ4n) is 2.65. The van der Waals surface area contributed by atoms with Gasteiger partial charge in [0.25, 0.3) is 0 Å². The van der Waals surface area contributed by atoms with Crippen molar-refractivity contribution in [1.82, 2.24) is 4.98 Å².